The maximum atomic E-state index is 12.2. The van der Waals surface area contributed by atoms with Crippen LogP contribution in [0.25, 0.3) is 11.3 Å². The maximum absolute atomic E-state index is 12.2. The highest BCUT2D eigenvalue weighted by molar-refractivity contribution is 5.99. The van der Waals surface area contributed by atoms with Crippen LogP contribution in [-0.2, 0) is 11.8 Å². The Morgan fingerprint density at radius 1 is 1.35 bits per heavy atom. The first-order valence-corrected chi connectivity index (χ1v) is 8.05. The SMILES string of the molecule is Cc1nc2c(n1C)C(C)N(C)c1c-2ccnc1NC(=O)C1CC1. The predicted octanol–water partition coefficient (Wildman–Crippen LogP) is 2.65. The normalized spacial score (nSPS) is 19.3. The predicted molar refractivity (Wildman–Crippen MR) is 89.3 cm³/mol. The van der Waals surface area contributed by atoms with Crippen molar-refractivity contribution < 1.29 is 4.79 Å². The smallest absolute Gasteiger partial charge is 0.228 e. The van der Waals surface area contributed by atoms with E-state index < -0.39 is 0 Å². The van der Waals surface area contributed by atoms with Crippen LogP contribution >= 0.6 is 0 Å². The minimum atomic E-state index is 0.0787. The van der Waals surface area contributed by atoms with Gasteiger partial charge in [0.1, 0.15) is 5.82 Å². The van der Waals surface area contributed by atoms with E-state index in [4.69, 9.17) is 4.98 Å². The van der Waals surface area contributed by atoms with E-state index >= 15 is 0 Å². The number of aryl methyl sites for hydroxylation is 1. The third-order valence-electron chi connectivity index (χ3n) is 5.06. The second-order valence-corrected chi connectivity index (χ2v) is 6.56. The first-order valence-electron chi connectivity index (χ1n) is 8.05. The molecule has 1 unspecified atom stereocenters. The molecule has 2 aromatic rings. The molecule has 0 saturated heterocycles. The van der Waals surface area contributed by atoms with E-state index in [9.17, 15) is 4.79 Å². The Bertz CT molecular complexity index is 806. The van der Waals surface area contributed by atoms with Gasteiger partial charge in [-0.25, -0.2) is 9.97 Å². The van der Waals surface area contributed by atoms with Crippen molar-refractivity contribution in [3.63, 3.8) is 0 Å². The lowest BCUT2D eigenvalue weighted by molar-refractivity contribution is -0.117. The van der Waals surface area contributed by atoms with Gasteiger partial charge in [0.15, 0.2) is 5.82 Å². The van der Waals surface area contributed by atoms with Crippen molar-refractivity contribution in [1.82, 2.24) is 14.5 Å². The number of carbonyl (C=O) groups is 1. The van der Waals surface area contributed by atoms with Crippen LogP contribution in [0.15, 0.2) is 12.3 Å². The van der Waals surface area contributed by atoms with Crippen LogP contribution in [-0.4, -0.2) is 27.5 Å². The lowest BCUT2D eigenvalue weighted by atomic mass is 9.98. The van der Waals surface area contributed by atoms with Gasteiger partial charge in [-0.1, -0.05) is 0 Å². The lowest BCUT2D eigenvalue weighted by Crippen LogP contribution is -2.29. The molecular weight excluding hydrogens is 290 g/mol. The number of nitrogens with one attached hydrogen (secondary N) is 1. The van der Waals surface area contributed by atoms with E-state index in [1.807, 2.05) is 27.1 Å². The van der Waals surface area contributed by atoms with Gasteiger partial charge in [0.05, 0.1) is 23.1 Å². The fourth-order valence-electron chi connectivity index (χ4n) is 3.34. The number of fused-ring (bicyclic) bond motifs is 3. The van der Waals surface area contributed by atoms with Crippen molar-refractivity contribution in [1.29, 1.82) is 0 Å². The van der Waals surface area contributed by atoms with Crippen molar-refractivity contribution in [2.24, 2.45) is 13.0 Å². The molecule has 120 valence electrons. The van der Waals surface area contributed by atoms with Gasteiger partial charge < -0.3 is 14.8 Å². The lowest BCUT2D eigenvalue weighted by Gasteiger charge is -2.35. The third kappa shape index (κ3) is 2.04. The fraction of sp³-hybridized carbons (Fsp3) is 0.471. The van der Waals surface area contributed by atoms with E-state index in [0.29, 0.717) is 5.82 Å². The molecule has 3 heterocycles. The number of aromatic nitrogens is 3. The molecule has 0 radical (unpaired) electrons. The standard InChI is InChI=1S/C17H21N5O/c1-9-14-13(19-10(2)22(14)4)12-7-8-18-16(15(12)21(9)3)20-17(23)11-5-6-11/h7-9,11H,5-6H2,1-4H3,(H,18,20,23). The van der Waals surface area contributed by atoms with Crippen molar-refractivity contribution in [3.8, 4) is 11.3 Å². The molecule has 1 aliphatic carbocycles. The van der Waals surface area contributed by atoms with Crippen LogP contribution in [0.5, 0.6) is 0 Å². The van der Waals surface area contributed by atoms with E-state index in [2.05, 4.69) is 26.7 Å². The molecule has 0 aromatic carbocycles. The largest absolute Gasteiger partial charge is 0.363 e. The van der Waals surface area contributed by atoms with Crippen molar-refractivity contribution >= 4 is 17.4 Å². The molecule has 4 rings (SSSR count). The Labute approximate surface area is 135 Å². The number of carbonyl (C=O) groups excluding carboxylic acids is 1. The van der Waals surface area contributed by atoms with E-state index in [1.54, 1.807) is 6.20 Å². The molecule has 6 heteroatoms. The molecule has 1 amide bonds. The Hall–Kier alpha value is -2.37. The molecule has 0 spiro atoms. The quantitative estimate of drug-likeness (QED) is 0.926. The molecular formula is C17H21N5O. The number of imidazole rings is 1. The molecule has 0 bridgehead atoms. The number of anilines is 2. The summed E-state index contributed by atoms with van der Waals surface area (Å²) < 4.78 is 2.14. The zero-order valence-electron chi connectivity index (χ0n) is 13.9. The summed E-state index contributed by atoms with van der Waals surface area (Å²) in [5.74, 6) is 1.87. The summed E-state index contributed by atoms with van der Waals surface area (Å²) in [6, 6.07) is 2.15. The number of amides is 1. The van der Waals surface area contributed by atoms with Crippen LogP contribution in [0.3, 0.4) is 0 Å². The van der Waals surface area contributed by atoms with Crippen molar-refractivity contribution in [2.75, 3.05) is 17.3 Å². The topological polar surface area (TPSA) is 63.1 Å². The summed E-state index contributed by atoms with van der Waals surface area (Å²) >= 11 is 0. The number of nitrogens with zero attached hydrogens (tertiary/aromatic N) is 4. The summed E-state index contributed by atoms with van der Waals surface area (Å²) in [5.41, 5.74) is 4.18. The molecule has 1 atom stereocenters. The minimum Gasteiger partial charge on any atom is -0.363 e. The zero-order valence-corrected chi connectivity index (χ0v) is 13.9. The average Bonchev–Trinajstić information content (AvgIpc) is 3.32. The number of hydrogen-bond acceptors (Lipinski definition) is 4. The van der Waals surface area contributed by atoms with Crippen molar-refractivity contribution in [2.45, 2.75) is 32.7 Å². The van der Waals surface area contributed by atoms with Crippen LogP contribution in [0.1, 0.15) is 37.3 Å². The Balaban J connectivity index is 1.86. The average molecular weight is 311 g/mol. The molecule has 2 aromatic heterocycles. The van der Waals surface area contributed by atoms with E-state index in [1.165, 1.54) is 5.69 Å². The Morgan fingerprint density at radius 3 is 2.78 bits per heavy atom. The van der Waals surface area contributed by atoms with Gasteiger partial charge in [-0.05, 0) is 32.8 Å². The Morgan fingerprint density at radius 2 is 2.09 bits per heavy atom. The first-order chi connectivity index (χ1) is 11.0. The summed E-state index contributed by atoms with van der Waals surface area (Å²) in [6.45, 7) is 4.17. The number of pyridine rings is 1. The Kier molecular flexibility index (Phi) is 2.98. The number of rotatable bonds is 2. The van der Waals surface area contributed by atoms with Gasteiger partial charge in [-0.3, -0.25) is 4.79 Å². The van der Waals surface area contributed by atoms with Gasteiger partial charge in [-0.2, -0.15) is 0 Å². The number of hydrogen-bond donors (Lipinski definition) is 1. The maximum Gasteiger partial charge on any atom is 0.228 e. The second kappa shape index (κ2) is 4.81. The molecule has 1 N–H and O–H groups in total. The van der Waals surface area contributed by atoms with Gasteiger partial charge >= 0.3 is 0 Å². The molecule has 2 aliphatic rings. The van der Waals surface area contributed by atoms with Crippen LogP contribution in [0, 0.1) is 12.8 Å². The van der Waals surface area contributed by atoms with Gasteiger partial charge in [0.2, 0.25) is 5.91 Å². The first kappa shape index (κ1) is 14.2. The molecule has 6 nitrogen and oxygen atoms in total. The molecule has 23 heavy (non-hydrogen) atoms. The second-order valence-electron chi connectivity index (χ2n) is 6.56. The zero-order chi connectivity index (χ0) is 16.3. The highest BCUT2D eigenvalue weighted by atomic mass is 16.2. The van der Waals surface area contributed by atoms with Crippen LogP contribution in [0.4, 0.5) is 11.5 Å². The summed E-state index contributed by atoms with van der Waals surface area (Å²) in [7, 11) is 4.09. The third-order valence-corrected chi connectivity index (χ3v) is 5.06. The highest BCUT2D eigenvalue weighted by Crippen LogP contribution is 2.46. The van der Waals surface area contributed by atoms with Gasteiger partial charge in [0, 0.05) is 31.8 Å². The molecule has 1 saturated carbocycles. The summed E-state index contributed by atoms with van der Waals surface area (Å²) in [6.07, 6.45) is 3.71. The van der Waals surface area contributed by atoms with E-state index in [0.717, 1.165) is 35.6 Å². The minimum absolute atomic E-state index is 0.0787. The van der Waals surface area contributed by atoms with Crippen molar-refractivity contribution in [3.05, 3.63) is 23.8 Å². The van der Waals surface area contributed by atoms with Crippen LogP contribution < -0.4 is 10.2 Å². The molecule has 1 fully saturated rings. The van der Waals surface area contributed by atoms with Crippen LogP contribution in [0.2, 0.25) is 0 Å². The van der Waals surface area contributed by atoms with Gasteiger partial charge in [0.25, 0.3) is 0 Å². The van der Waals surface area contributed by atoms with Gasteiger partial charge in [-0.15, -0.1) is 0 Å². The summed E-state index contributed by atoms with van der Waals surface area (Å²) in [4.78, 5) is 23.5. The summed E-state index contributed by atoms with van der Waals surface area (Å²) in [5, 5.41) is 3.01. The van der Waals surface area contributed by atoms with E-state index in [-0.39, 0.29) is 17.9 Å². The monoisotopic (exact) mass is 311 g/mol. The molecule has 1 aliphatic heterocycles. The fourth-order valence-corrected chi connectivity index (χ4v) is 3.34. The highest BCUT2D eigenvalue weighted by Gasteiger charge is 2.35.